The summed E-state index contributed by atoms with van der Waals surface area (Å²) in [6.45, 7) is 12.0. The molecule has 0 unspecified atom stereocenters. The first-order valence-electron chi connectivity index (χ1n) is 7.92. The predicted octanol–water partition coefficient (Wildman–Crippen LogP) is 2.48. The SMILES string of the molecule is CC(C)CN1CCN(CCCc2cccc(N)c2)CC1. The van der Waals surface area contributed by atoms with Gasteiger partial charge < -0.3 is 15.5 Å². The molecule has 0 aliphatic carbocycles. The van der Waals surface area contributed by atoms with E-state index in [9.17, 15) is 0 Å². The number of hydrogen-bond donors (Lipinski definition) is 1. The lowest BCUT2D eigenvalue weighted by Crippen LogP contribution is -2.47. The molecule has 0 bridgehead atoms. The Hall–Kier alpha value is -1.06. The highest BCUT2D eigenvalue weighted by Gasteiger charge is 2.16. The van der Waals surface area contributed by atoms with Gasteiger partial charge in [0.25, 0.3) is 0 Å². The lowest BCUT2D eigenvalue weighted by atomic mass is 10.1. The minimum atomic E-state index is 0.782. The topological polar surface area (TPSA) is 32.5 Å². The van der Waals surface area contributed by atoms with Crippen LogP contribution in [0, 0.1) is 5.92 Å². The molecular weight excluding hydrogens is 246 g/mol. The molecular formula is C17H29N3. The highest BCUT2D eigenvalue weighted by Crippen LogP contribution is 2.10. The first kappa shape index (κ1) is 15.3. The fourth-order valence-electron chi connectivity index (χ4n) is 2.97. The van der Waals surface area contributed by atoms with Crippen LogP contribution in [0.5, 0.6) is 0 Å². The molecule has 2 rings (SSSR count). The van der Waals surface area contributed by atoms with Gasteiger partial charge in [0, 0.05) is 38.4 Å². The third-order valence-electron chi connectivity index (χ3n) is 3.98. The first-order chi connectivity index (χ1) is 9.63. The second-order valence-corrected chi connectivity index (χ2v) is 6.38. The summed E-state index contributed by atoms with van der Waals surface area (Å²) in [5.74, 6) is 0.782. The Bertz CT molecular complexity index is 395. The monoisotopic (exact) mass is 275 g/mol. The Morgan fingerprint density at radius 2 is 1.80 bits per heavy atom. The Labute approximate surface area is 123 Å². The van der Waals surface area contributed by atoms with E-state index in [0.29, 0.717) is 0 Å². The van der Waals surface area contributed by atoms with Crippen molar-refractivity contribution in [3.63, 3.8) is 0 Å². The van der Waals surface area contributed by atoms with E-state index < -0.39 is 0 Å². The summed E-state index contributed by atoms with van der Waals surface area (Å²) in [7, 11) is 0. The van der Waals surface area contributed by atoms with Gasteiger partial charge in [0.2, 0.25) is 0 Å². The molecule has 1 aliphatic rings. The molecule has 1 saturated heterocycles. The van der Waals surface area contributed by atoms with Crippen molar-refractivity contribution in [3.8, 4) is 0 Å². The van der Waals surface area contributed by atoms with Crippen molar-refractivity contribution in [1.82, 2.24) is 9.80 Å². The highest BCUT2D eigenvalue weighted by molar-refractivity contribution is 5.40. The smallest absolute Gasteiger partial charge is 0.0316 e. The molecule has 112 valence electrons. The molecule has 0 atom stereocenters. The molecule has 0 radical (unpaired) electrons. The van der Waals surface area contributed by atoms with Crippen molar-refractivity contribution < 1.29 is 0 Å². The fourth-order valence-corrected chi connectivity index (χ4v) is 2.97. The van der Waals surface area contributed by atoms with Crippen molar-refractivity contribution in [2.45, 2.75) is 26.7 Å². The second kappa shape index (κ2) is 7.65. The van der Waals surface area contributed by atoms with Crippen LogP contribution in [0.1, 0.15) is 25.8 Å². The number of benzene rings is 1. The maximum absolute atomic E-state index is 5.81. The molecule has 1 heterocycles. The number of piperazine rings is 1. The molecule has 0 saturated carbocycles. The lowest BCUT2D eigenvalue weighted by molar-refractivity contribution is 0.121. The third-order valence-corrected chi connectivity index (χ3v) is 3.98. The Balaban J connectivity index is 1.64. The minimum absolute atomic E-state index is 0.782. The molecule has 1 aromatic carbocycles. The van der Waals surface area contributed by atoms with Gasteiger partial charge in [-0.2, -0.15) is 0 Å². The van der Waals surface area contributed by atoms with Crippen LogP contribution in [0.15, 0.2) is 24.3 Å². The van der Waals surface area contributed by atoms with Gasteiger partial charge >= 0.3 is 0 Å². The van der Waals surface area contributed by atoms with E-state index in [1.807, 2.05) is 6.07 Å². The minimum Gasteiger partial charge on any atom is -0.399 e. The van der Waals surface area contributed by atoms with E-state index >= 15 is 0 Å². The van der Waals surface area contributed by atoms with Crippen LogP contribution in [0.4, 0.5) is 5.69 Å². The van der Waals surface area contributed by atoms with Crippen LogP contribution in [-0.4, -0.2) is 49.1 Å². The van der Waals surface area contributed by atoms with Crippen LogP contribution >= 0.6 is 0 Å². The van der Waals surface area contributed by atoms with Crippen LogP contribution in [0.2, 0.25) is 0 Å². The Morgan fingerprint density at radius 1 is 1.10 bits per heavy atom. The molecule has 0 spiro atoms. The molecule has 1 aliphatic heterocycles. The highest BCUT2D eigenvalue weighted by atomic mass is 15.3. The Kier molecular flexibility index (Phi) is 5.86. The number of rotatable bonds is 6. The number of nitrogens with zero attached hydrogens (tertiary/aromatic N) is 2. The van der Waals surface area contributed by atoms with E-state index in [4.69, 9.17) is 5.73 Å². The zero-order valence-electron chi connectivity index (χ0n) is 13.0. The van der Waals surface area contributed by atoms with Crippen molar-refractivity contribution in [3.05, 3.63) is 29.8 Å². The summed E-state index contributed by atoms with van der Waals surface area (Å²) in [6.07, 6.45) is 2.37. The molecule has 2 N–H and O–H groups in total. The lowest BCUT2D eigenvalue weighted by Gasteiger charge is -2.35. The predicted molar refractivity (Wildman–Crippen MR) is 86.9 cm³/mol. The van der Waals surface area contributed by atoms with Gasteiger partial charge in [-0.05, 0) is 43.0 Å². The number of nitrogens with two attached hydrogens (primary N) is 1. The summed E-state index contributed by atoms with van der Waals surface area (Å²) in [5, 5.41) is 0. The summed E-state index contributed by atoms with van der Waals surface area (Å²) in [4.78, 5) is 5.20. The van der Waals surface area contributed by atoms with Crippen LogP contribution in [-0.2, 0) is 6.42 Å². The van der Waals surface area contributed by atoms with Gasteiger partial charge in [0.15, 0.2) is 0 Å². The van der Waals surface area contributed by atoms with E-state index in [1.54, 1.807) is 0 Å². The van der Waals surface area contributed by atoms with Crippen LogP contribution in [0.25, 0.3) is 0 Å². The van der Waals surface area contributed by atoms with Crippen LogP contribution in [0.3, 0.4) is 0 Å². The van der Waals surface area contributed by atoms with Crippen molar-refractivity contribution in [1.29, 1.82) is 0 Å². The zero-order valence-corrected chi connectivity index (χ0v) is 13.0. The van der Waals surface area contributed by atoms with Gasteiger partial charge in [-0.1, -0.05) is 26.0 Å². The van der Waals surface area contributed by atoms with E-state index in [2.05, 4.69) is 41.8 Å². The van der Waals surface area contributed by atoms with E-state index in [1.165, 1.54) is 51.3 Å². The first-order valence-corrected chi connectivity index (χ1v) is 7.92. The third kappa shape index (κ3) is 5.14. The van der Waals surface area contributed by atoms with Crippen LogP contribution < -0.4 is 5.73 Å². The second-order valence-electron chi connectivity index (χ2n) is 6.38. The summed E-state index contributed by atoms with van der Waals surface area (Å²) in [6, 6.07) is 8.28. The number of anilines is 1. The average molecular weight is 275 g/mol. The van der Waals surface area contributed by atoms with Gasteiger partial charge in [-0.15, -0.1) is 0 Å². The Morgan fingerprint density at radius 3 is 2.45 bits per heavy atom. The standard InChI is InChI=1S/C17H29N3/c1-15(2)14-20-11-9-19(10-12-20)8-4-6-16-5-3-7-17(18)13-16/h3,5,7,13,15H,4,6,8-12,14,18H2,1-2H3. The van der Waals surface area contributed by atoms with E-state index in [-0.39, 0.29) is 0 Å². The van der Waals surface area contributed by atoms with E-state index in [0.717, 1.165) is 18.0 Å². The molecule has 0 amide bonds. The largest absolute Gasteiger partial charge is 0.399 e. The molecule has 1 aromatic rings. The summed E-state index contributed by atoms with van der Waals surface area (Å²) < 4.78 is 0. The quantitative estimate of drug-likeness (QED) is 0.810. The molecule has 20 heavy (non-hydrogen) atoms. The zero-order chi connectivity index (χ0) is 14.4. The maximum atomic E-state index is 5.81. The average Bonchev–Trinajstić information content (AvgIpc) is 2.40. The molecule has 3 heteroatoms. The van der Waals surface area contributed by atoms with Gasteiger partial charge in [0.1, 0.15) is 0 Å². The summed E-state index contributed by atoms with van der Waals surface area (Å²) in [5.41, 5.74) is 8.06. The number of aryl methyl sites for hydroxylation is 1. The van der Waals surface area contributed by atoms with Crippen molar-refractivity contribution >= 4 is 5.69 Å². The molecule has 1 fully saturated rings. The van der Waals surface area contributed by atoms with Gasteiger partial charge in [-0.3, -0.25) is 0 Å². The normalized spacial score (nSPS) is 17.8. The number of hydrogen-bond acceptors (Lipinski definition) is 3. The maximum Gasteiger partial charge on any atom is 0.0316 e. The fraction of sp³-hybridized carbons (Fsp3) is 0.647. The van der Waals surface area contributed by atoms with Gasteiger partial charge in [0.05, 0.1) is 0 Å². The molecule has 0 aromatic heterocycles. The number of nitrogen functional groups attached to an aromatic ring is 1. The van der Waals surface area contributed by atoms with Crippen molar-refractivity contribution in [2.24, 2.45) is 5.92 Å². The van der Waals surface area contributed by atoms with Crippen molar-refractivity contribution in [2.75, 3.05) is 45.0 Å². The molecule has 3 nitrogen and oxygen atoms in total. The summed E-state index contributed by atoms with van der Waals surface area (Å²) >= 11 is 0. The van der Waals surface area contributed by atoms with Gasteiger partial charge in [-0.25, -0.2) is 0 Å².